The molecule has 11 heteroatoms. The molecule has 0 atom stereocenters. The fourth-order valence-electron chi connectivity index (χ4n) is 4.77. The fourth-order valence-corrected chi connectivity index (χ4v) is 5.67. The fraction of sp³-hybridized carbons (Fsp3) is 0.0645. The van der Waals surface area contributed by atoms with Gasteiger partial charge in [0.1, 0.15) is 16.9 Å². The van der Waals surface area contributed by atoms with Crippen molar-refractivity contribution < 1.29 is 9.59 Å². The average molecular weight is 571 g/mol. The number of benzene rings is 1. The molecule has 0 saturated carbocycles. The number of hydrogen-bond acceptors (Lipinski definition) is 8. The summed E-state index contributed by atoms with van der Waals surface area (Å²) in [6.07, 6.45) is 7.02. The molecule has 0 aliphatic carbocycles. The third-order valence-corrected chi connectivity index (χ3v) is 7.98. The number of nitrogens with zero attached hydrogens (tertiary/aromatic N) is 5. The van der Waals surface area contributed by atoms with Crippen LogP contribution in [0.25, 0.3) is 55.3 Å². The molecule has 0 unspecified atom stereocenters. The second-order valence-corrected chi connectivity index (χ2v) is 10.8. The van der Waals surface area contributed by atoms with Gasteiger partial charge in [-0.3, -0.25) is 29.6 Å². The Kier molecular flexibility index (Phi) is 6.32. The molecule has 7 aromatic rings. The first kappa shape index (κ1) is 25.4. The summed E-state index contributed by atoms with van der Waals surface area (Å²) < 4.78 is 0. The summed E-state index contributed by atoms with van der Waals surface area (Å²) in [5.74, 6) is 0.467. The molecule has 0 aliphatic rings. The second-order valence-electron chi connectivity index (χ2n) is 9.72. The van der Waals surface area contributed by atoms with E-state index in [2.05, 4.69) is 35.5 Å². The first-order valence-corrected chi connectivity index (χ1v) is 13.9. The summed E-state index contributed by atoms with van der Waals surface area (Å²) in [5.41, 5.74) is 6.52. The van der Waals surface area contributed by atoms with E-state index in [0.717, 1.165) is 32.4 Å². The number of carbonyl (C=O) groups is 2. The summed E-state index contributed by atoms with van der Waals surface area (Å²) in [6, 6.07) is 18.9. The topological polar surface area (TPSA) is 142 Å². The molecule has 0 bridgehead atoms. The van der Waals surface area contributed by atoms with E-state index in [9.17, 15) is 9.59 Å². The van der Waals surface area contributed by atoms with Gasteiger partial charge >= 0.3 is 0 Å². The lowest BCUT2D eigenvalue weighted by Crippen LogP contribution is -2.14. The van der Waals surface area contributed by atoms with Gasteiger partial charge in [-0.1, -0.05) is 30.3 Å². The summed E-state index contributed by atoms with van der Waals surface area (Å²) in [7, 11) is 0. The van der Waals surface area contributed by atoms with Gasteiger partial charge < -0.3 is 10.3 Å². The number of hydrogen-bond donors (Lipinski definition) is 3. The minimum Gasteiger partial charge on any atom is -0.336 e. The van der Waals surface area contributed by atoms with Gasteiger partial charge in [-0.2, -0.15) is 5.10 Å². The monoisotopic (exact) mass is 570 g/mol. The predicted molar refractivity (Wildman–Crippen MR) is 162 cm³/mol. The van der Waals surface area contributed by atoms with Gasteiger partial charge in [-0.25, -0.2) is 4.98 Å². The van der Waals surface area contributed by atoms with Crippen LogP contribution in [-0.2, 0) is 11.2 Å². The first-order chi connectivity index (χ1) is 20.5. The van der Waals surface area contributed by atoms with Gasteiger partial charge in [-0.15, -0.1) is 11.3 Å². The van der Waals surface area contributed by atoms with Crippen molar-refractivity contribution in [3.05, 3.63) is 95.9 Å². The summed E-state index contributed by atoms with van der Waals surface area (Å²) in [4.78, 5) is 47.7. The zero-order chi connectivity index (χ0) is 28.6. The highest BCUT2D eigenvalue weighted by Gasteiger charge is 2.18. The first-order valence-electron chi connectivity index (χ1n) is 13.1. The lowest BCUT2D eigenvalue weighted by atomic mass is 10.1. The zero-order valence-corrected chi connectivity index (χ0v) is 23.1. The van der Waals surface area contributed by atoms with Gasteiger partial charge in [0.05, 0.1) is 51.0 Å². The van der Waals surface area contributed by atoms with Gasteiger partial charge in [-0.05, 0) is 42.8 Å². The van der Waals surface area contributed by atoms with Crippen LogP contribution in [0.3, 0.4) is 0 Å². The summed E-state index contributed by atoms with van der Waals surface area (Å²) >= 11 is 1.39. The predicted octanol–water partition coefficient (Wildman–Crippen LogP) is 6.07. The number of fused-ring (bicyclic) bond motifs is 2. The Morgan fingerprint density at radius 1 is 0.929 bits per heavy atom. The number of aromatic amines is 2. The smallest absolute Gasteiger partial charge is 0.228 e. The number of anilines is 1. The van der Waals surface area contributed by atoms with Crippen molar-refractivity contribution in [2.45, 2.75) is 13.3 Å². The molecule has 6 heterocycles. The SMILES string of the molecule is CC(=O)c1ccc(-c2nccc3[nH]c(-c4n[nH]c5cnc(-c6cncc(NC(=O)Cc7ccccc7)c6)cc45)nc23)s1. The van der Waals surface area contributed by atoms with Crippen molar-refractivity contribution in [3.8, 4) is 33.3 Å². The second kappa shape index (κ2) is 10.5. The molecule has 42 heavy (non-hydrogen) atoms. The van der Waals surface area contributed by atoms with E-state index >= 15 is 0 Å². The standard InChI is InChI=1S/C31H22N8O2S/c1-17(40)25-7-8-26(42-25)30-29-22(9-10-33-30)36-31(37-29)28-21-13-23(34-16-24(21)38-39-28)19-12-20(15-32-14-19)35-27(41)11-18-5-3-2-4-6-18/h2-10,12-16H,11H2,1H3,(H,35,41)(H,36,37)(H,38,39). The molecule has 3 N–H and O–H groups in total. The Morgan fingerprint density at radius 3 is 2.64 bits per heavy atom. The molecular formula is C31H22N8O2S. The lowest BCUT2D eigenvalue weighted by molar-refractivity contribution is -0.115. The number of Topliss-reactive ketones (excluding diaryl/α,β-unsaturated/α-hetero) is 1. The summed E-state index contributed by atoms with van der Waals surface area (Å²) in [6.45, 7) is 1.55. The van der Waals surface area contributed by atoms with E-state index in [4.69, 9.17) is 4.98 Å². The number of H-pyrrole nitrogens is 2. The van der Waals surface area contributed by atoms with Crippen molar-refractivity contribution >= 4 is 50.7 Å². The molecule has 0 saturated heterocycles. The number of nitrogens with one attached hydrogen (secondary N) is 3. The molecule has 0 aliphatic heterocycles. The average Bonchev–Trinajstić information content (AvgIpc) is 3.75. The number of imidazole rings is 1. The maximum Gasteiger partial charge on any atom is 0.228 e. The number of aromatic nitrogens is 7. The molecule has 0 radical (unpaired) electrons. The van der Waals surface area contributed by atoms with Crippen molar-refractivity contribution in [2.24, 2.45) is 0 Å². The highest BCUT2D eigenvalue weighted by Crippen LogP contribution is 2.34. The number of rotatable bonds is 7. The van der Waals surface area contributed by atoms with Crippen LogP contribution in [0.2, 0.25) is 0 Å². The number of amides is 1. The van der Waals surface area contributed by atoms with Gasteiger partial charge in [0.25, 0.3) is 0 Å². The Morgan fingerprint density at radius 2 is 1.81 bits per heavy atom. The molecular weight excluding hydrogens is 548 g/mol. The maximum atomic E-state index is 12.6. The number of thiophene rings is 1. The van der Waals surface area contributed by atoms with E-state index in [1.807, 2.05) is 60.7 Å². The van der Waals surface area contributed by atoms with Crippen LogP contribution in [0.4, 0.5) is 5.69 Å². The third kappa shape index (κ3) is 4.82. The highest BCUT2D eigenvalue weighted by atomic mass is 32.1. The van der Waals surface area contributed by atoms with E-state index in [1.165, 1.54) is 11.3 Å². The van der Waals surface area contributed by atoms with Crippen molar-refractivity contribution in [1.29, 1.82) is 0 Å². The minimum absolute atomic E-state index is 0.0175. The minimum atomic E-state index is -0.125. The van der Waals surface area contributed by atoms with Crippen molar-refractivity contribution in [1.82, 2.24) is 35.1 Å². The molecule has 0 spiro atoms. The maximum absolute atomic E-state index is 12.6. The molecule has 0 fully saturated rings. The lowest BCUT2D eigenvalue weighted by Gasteiger charge is -2.07. The van der Waals surface area contributed by atoms with Crippen LogP contribution in [-0.4, -0.2) is 46.8 Å². The third-order valence-electron chi connectivity index (χ3n) is 6.78. The normalized spacial score (nSPS) is 11.3. The van der Waals surface area contributed by atoms with Crippen molar-refractivity contribution in [2.75, 3.05) is 5.32 Å². The van der Waals surface area contributed by atoms with Gasteiger partial charge in [0, 0.05) is 23.3 Å². The highest BCUT2D eigenvalue weighted by molar-refractivity contribution is 7.17. The van der Waals surface area contributed by atoms with E-state index in [0.29, 0.717) is 39.0 Å². The largest absolute Gasteiger partial charge is 0.336 e. The molecule has 1 amide bonds. The van der Waals surface area contributed by atoms with Crippen LogP contribution in [0.5, 0.6) is 0 Å². The Balaban J connectivity index is 1.21. The van der Waals surface area contributed by atoms with Crippen LogP contribution >= 0.6 is 11.3 Å². The Bertz CT molecular complexity index is 2110. The Hall–Kier alpha value is -5.55. The number of carbonyl (C=O) groups excluding carboxylic acids is 2. The van der Waals surface area contributed by atoms with E-state index < -0.39 is 0 Å². The van der Waals surface area contributed by atoms with Gasteiger partial charge in [0.2, 0.25) is 5.91 Å². The quantitative estimate of drug-likeness (QED) is 0.197. The van der Waals surface area contributed by atoms with Gasteiger partial charge in [0.15, 0.2) is 11.6 Å². The zero-order valence-electron chi connectivity index (χ0n) is 22.3. The molecule has 204 valence electrons. The van der Waals surface area contributed by atoms with E-state index in [1.54, 1.807) is 31.7 Å². The molecule has 7 rings (SSSR count). The molecule has 1 aromatic carbocycles. The Labute approximate surface area is 242 Å². The van der Waals surface area contributed by atoms with E-state index in [-0.39, 0.29) is 18.1 Å². The molecule has 6 aromatic heterocycles. The number of ketones is 1. The van der Waals surface area contributed by atoms with Crippen LogP contribution in [0.15, 0.2) is 85.5 Å². The molecule has 10 nitrogen and oxygen atoms in total. The van der Waals surface area contributed by atoms with Crippen LogP contribution in [0, 0.1) is 0 Å². The number of pyridine rings is 3. The van der Waals surface area contributed by atoms with Crippen LogP contribution < -0.4 is 5.32 Å². The van der Waals surface area contributed by atoms with Crippen molar-refractivity contribution in [3.63, 3.8) is 0 Å². The summed E-state index contributed by atoms with van der Waals surface area (Å²) in [5, 5.41) is 11.3. The van der Waals surface area contributed by atoms with Crippen LogP contribution in [0.1, 0.15) is 22.2 Å².